The number of aromatic nitrogens is 3. The van der Waals surface area contributed by atoms with Crippen molar-refractivity contribution in [2.75, 3.05) is 6.54 Å². The standard InChI is InChI=1S/C10H19N5/c1-15-7-13-10(14-15)4-5-12-9-3-2-8(11)6-9/h7-9,12H,2-6,11H2,1H3. The summed E-state index contributed by atoms with van der Waals surface area (Å²) in [5.41, 5.74) is 5.84. The number of nitrogens with one attached hydrogen (secondary N) is 1. The number of rotatable bonds is 4. The highest BCUT2D eigenvalue weighted by molar-refractivity contribution is 4.86. The maximum Gasteiger partial charge on any atom is 0.151 e. The van der Waals surface area contributed by atoms with E-state index in [0.717, 1.165) is 31.6 Å². The molecule has 1 aromatic rings. The zero-order valence-corrected chi connectivity index (χ0v) is 9.19. The zero-order valence-electron chi connectivity index (χ0n) is 9.19. The fourth-order valence-electron chi connectivity index (χ4n) is 2.09. The molecule has 3 N–H and O–H groups in total. The lowest BCUT2D eigenvalue weighted by molar-refractivity contribution is 0.516. The average molecular weight is 209 g/mol. The summed E-state index contributed by atoms with van der Waals surface area (Å²) in [5.74, 6) is 0.910. The van der Waals surface area contributed by atoms with E-state index in [-0.39, 0.29) is 0 Å². The van der Waals surface area contributed by atoms with Gasteiger partial charge in [0.1, 0.15) is 6.33 Å². The topological polar surface area (TPSA) is 68.8 Å². The number of aryl methyl sites for hydroxylation is 1. The molecule has 84 valence electrons. The molecule has 2 rings (SSSR count). The van der Waals surface area contributed by atoms with E-state index in [4.69, 9.17) is 5.73 Å². The molecule has 0 radical (unpaired) electrons. The normalized spacial score (nSPS) is 26.0. The molecular weight excluding hydrogens is 190 g/mol. The van der Waals surface area contributed by atoms with Crippen molar-refractivity contribution in [3.05, 3.63) is 12.2 Å². The minimum atomic E-state index is 0.399. The van der Waals surface area contributed by atoms with Crippen molar-refractivity contribution in [2.45, 2.75) is 37.8 Å². The van der Waals surface area contributed by atoms with Crippen LogP contribution in [-0.4, -0.2) is 33.4 Å². The Hall–Kier alpha value is -0.940. The van der Waals surface area contributed by atoms with Gasteiger partial charge in [-0.1, -0.05) is 0 Å². The monoisotopic (exact) mass is 209 g/mol. The SMILES string of the molecule is Cn1cnc(CCNC2CCC(N)C2)n1. The van der Waals surface area contributed by atoms with Crippen LogP contribution in [0.5, 0.6) is 0 Å². The Bertz CT molecular complexity index is 309. The summed E-state index contributed by atoms with van der Waals surface area (Å²) in [5, 5.41) is 7.73. The highest BCUT2D eigenvalue weighted by Crippen LogP contribution is 2.16. The molecule has 5 nitrogen and oxygen atoms in total. The Labute approximate surface area is 90.1 Å². The van der Waals surface area contributed by atoms with Crippen LogP contribution >= 0.6 is 0 Å². The Morgan fingerprint density at radius 2 is 2.47 bits per heavy atom. The van der Waals surface area contributed by atoms with Crippen molar-refractivity contribution in [2.24, 2.45) is 12.8 Å². The molecule has 1 aromatic heterocycles. The average Bonchev–Trinajstić information content (AvgIpc) is 2.76. The summed E-state index contributed by atoms with van der Waals surface area (Å²) in [7, 11) is 1.89. The summed E-state index contributed by atoms with van der Waals surface area (Å²) >= 11 is 0. The first kappa shape index (κ1) is 10.6. The Kier molecular flexibility index (Phi) is 3.33. The highest BCUT2D eigenvalue weighted by Gasteiger charge is 2.20. The number of hydrogen-bond acceptors (Lipinski definition) is 4. The molecular formula is C10H19N5. The van der Waals surface area contributed by atoms with Crippen molar-refractivity contribution >= 4 is 0 Å². The van der Waals surface area contributed by atoms with Gasteiger partial charge in [0.25, 0.3) is 0 Å². The largest absolute Gasteiger partial charge is 0.328 e. The van der Waals surface area contributed by atoms with Crippen LogP contribution < -0.4 is 11.1 Å². The Morgan fingerprint density at radius 1 is 1.60 bits per heavy atom. The lowest BCUT2D eigenvalue weighted by atomic mass is 10.2. The number of nitrogens with zero attached hydrogens (tertiary/aromatic N) is 3. The summed E-state index contributed by atoms with van der Waals surface area (Å²) in [6.45, 7) is 0.946. The third-order valence-corrected chi connectivity index (χ3v) is 2.90. The fourth-order valence-corrected chi connectivity index (χ4v) is 2.09. The fraction of sp³-hybridized carbons (Fsp3) is 0.800. The summed E-state index contributed by atoms with van der Waals surface area (Å²) in [6.07, 6.45) is 6.10. The summed E-state index contributed by atoms with van der Waals surface area (Å²) < 4.78 is 1.74. The van der Waals surface area contributed by atoms with Crippen molar-refractivity contribution in [3.63, 3.8) is 0 Å². The second kappa shape index (κ2) is 4.72. The van der Waals surface area contributed by atoms with Crippen molar-refractivity contribution < 1.29 is 0 Å². The minimum Gasteiger partial charge on any atom is -0.328 e. The van der Waals surface area contributed by atoms with E-state index in [1.54, 1.807) is 11.0 Å². The number of hydrogen-bond donors (Lipinski definition) is 2. The lowest BCUT2D eigenvalue weighted by Crippen LogP contribution is -2.30. The molecule has 2 unspecified atom stereocenters. The minimum absolute atomic E-state index is 0.399. The maximum absolute atomic E-state index is 5.84. The van der Waals surface area contributed by atoms with Crippen LogP contribution in [0.25, 0.3) is 0 Å². The van der Waals surface area contributed by atoms with Gasteiger partial charge in [-0.05, 0) is 19.3 Å². The first-order chi connectivity index (χ1) is 7.24. The van der Waals surface area contributed by atoms with Gasteiger partial charge in [0, 0.05) is 32.1 Å². The molecule has 0 aliphatic heterocycles. The van der Waals surface area contributed by atoms with Crippen LogP contribution in [-0.2, 0) is 13.5 Å². The Balaban J connectivity index is 1.67. The van der Waals surface area contributed by atoms with Gasteiger partial charge in [0.2, 0.25) is 0 Å². The predicted molar refractivity (Wildman–Crippen MR) is 58.3 cm³/mol. The summed E-state index contributed by atoms with van der Waals surface area (Å²) in [4.78, 5) is 4.18. The molecule has 0 spiro atoms. The van der Waals surface area contributed by atoms with Crippen LogP contribution in [0.1, 0.15) is 25.1 Å². The molecule has 15 heavy (non-hydrogen) atoms. The van der Waals surface area contributed by atoms with Gasteiger partial charge in [-0.2, -0.15) is 5.10 Å². The molecule has 0 bridgehead atoms. The van der Waals surface area contributed by atoms with Gasteiger partial charge < -0.3 is 11.1 Å². The van der Waals surface area contributed by atoms with Gasteiger partial charge in [-0.25, -0.2) is 4.98 Å². The van der Waals surface area contributed by atoms with E-state index in [0.29, 0.717) is 12.1 Å². The molecule has 0 aromatic carbocycles. The number of nitrogens with two attached hydrogens (primary N) is 1. The van der Waals surface area contributed by atoms with Crippen molar-refractivity contribution in [1.82, 2.24) is 20.1 Å². The third-order valence-electron chi connectivity index (χ3n) is 2.90. The van der Waals surface area contributed by atoms with Crippen LogP contribution in [0.4, 0.5) is 0 Å². The molecule has 1 saturated carbocycles. The second-order valence-electron chi connectivity index (χ2n) is 4.31. The molecule has 0 amide bonds. The van der Waals surface area contributed by atoms with Gasteiger partial charge in [-0.3, -0.25) is 4.68 Å². The first-order valence-electron chi connectivity index (χ1n) is 5.57. The second-order valence-corrected chi connectivity index (χ2v) is 4.31. The summed E-state index contributed by atoms with van der Waals surface area (Å²) in [6, 6.07) is 0.999. The highest BCUT2D eigenvalue weighted by atomic mass is 15.3. The maximum atomic E-state index is 5.84. The van der Waals surface area contributed by atoms with Gasteiger partial charge in [0.15, 0.2) is 5.82 Å². The first-order valence-corrected chi connectivity index (χ1v) is 5.57. The molecule has 1 aliphatic rings. The van der Waals surface area contributed by atoms with E-state index in [1.807, 2.05) is 7.05 Å². The van der Waals surface area contributed by atoms with Gasteiger partial charge >= 0.3 is 0 Å². The predicted octanol–water partition coefficient (Wildman–Crippen LogP) is -0.173. The van der Waals surface area contributed by atoms with Gasteiger partial charge in [0.05, 0.1) is 0 Å². The lowest BCUT2D eigenvalue weighted by Gasteiger charge is -2.10. The third kappa shape index (κ3) is 3.00. The van der Waals surface area contributed by atoms with Crippen LogP contribution in [0.15, 0.2) is 6.33 Å². The molecule has 5 heteroatoms. The van der Waals surface area contributed by atoms with E-state index in [9.17, 15) is 0 Å². The van der Waals surface area contributed by atoms with Gasteiger partial charge in [-0.15, -0.1) is 0 Å². The van der Waals surface area contributed by atoms with Crippen molar-refractivity contribution in [3.8, 4) is 0 Å². The van der Waals surface area contributed by atoms with Crippen molar-refractivity contribution in [1.29, 1.82) is 0 Å². The van der Waals surface area contributed by atoms with Crippen LogP contribution in [0, 0.1) is 0 Å². The van der Waals surface area contributed by atoms with E-state index in [1.165, 1.54) is 6.42 Å². The zero-order chi connectivity index (χ0) is 10.7. The van der Waals surface area contributed by atoms with E-state index >= 15 is 0 Å². The van der Waals surface area contributed by atoms with E-state index in [2.05, 4.69) is 15.4 Å². The quantitative estimate of drug-likeness (QED) is 0.722. The molecule has 1 heterocycles. The molecule has 1 aliphatic carbocycles. The smallest absolute Gasteiger partial charge is 0.151 e. The molecule has 1 fully saturated rings. The molecule has 0 saturated heterocycles. The van der Waals surface area contributed by atoms with Crippen LogP contribution in [0.3, 0.4) is 0 Å². The van der Waals surface area contributed by atoms with Crippen LogP contribution in [0.2, 0.25) is 0 Å². The Morgan fingerprint density at radius 3 is 3.07 bits per heavy atom. The molecule has 2 atom stereocenters. The van der Waals surface area contributed by atoms with E-state index < -0.39 is 0 Å².